The molecule has 2 N–H and O–H groups in total. The zero-order valence-electron chi connectivity index (χ0n) is 13.6. The second kappa shape index (κ2) is 7.22. The molecule has 3 rings (SSSR count). The summed E-state index contributed by atoms with van der Waals surface area (Å²) in [4.78, 5) is 35.4. The van der Waals surface area contributed by atoms with Crippen LogP contribution in [0.3, 0.4) is 0 Å². The molecule has 0 saturated carbocycles. The molecule has 0 aliphatic carbocycles. The molecule has 8 heteroatoms. The molecule has 0 aromatic heterocycles. The number of carboxylic acid groups (broad SMARTS) is 1. The summed E-state index contributed by atoms with van der Waals surface area (Å²) in [5.41, 5.74) is 3.90. The Hall–Kier alpha value is -3.42. The van der Waals surface area contributed by atoms with E-state index in [2.05, 4.69) is 10.7 Å². The van der Waals surface area contributed by atoms with Gasteiger partial charge in [0.25, 0.3) is 5.91 Å². The van der Waals surface area contributed by atoms with Gasteiger partial charge in [-0.2, -0.15) is 0 Å². The second-order valence-corrected chi connectivity index (χ2v) is 5.73. The summed E-state index contributed by atoms with van der Waals surface area (Å²) in [5.74, 6) is -2.89. The molecule has 0 unspecified atom stereocenters. The van der Waals surface area contributed by atoms with Gasteiger partial charge >= 0.3 is 0 Å². The molecule has 134 valence electrons. The lowest BCUT2D eigenvalue weighted by Gasteiger charge is -2.37. The predicted molar refractivity (Wildman–Crippen MR) is 87.8 cm³/mol. The van der Waals surface area contributed by atoms with Crippen molar-refractivity contribution >= 4 is 23.5 Å². The van der Waals surface area contributed by atoms with Crippen LogP contribution in [0.5, 0.6) is 0 Å². The number of carbonyl (C=O) groups is 3. The quantitative estimate of drug-likeness (QED) is 0.831. The molecular weight excluding hydrogens is 341 g/mol. The first-order valence-electron chi connectivity index (χ1n) is 7.89. The van der Waals surface area contributed by atoms with Gasteiger partial charge in [0.05, 0.1) is 5.56 Å². The number of nitrogens with zero attached hydrogens (tertiary/aromatic N) is 1. The van der Waals surface area contributed by atoms with Crippen LogP contribution in [0, 0.1) is 5.82 Å². The molecule has 0 bridgehead atoms. The average Bonchev–Trinajstić information content (AvgIpc) is 2.63. The largest absolute Gasteiger partial charge is 0.550 e. The molecule has 1 aliphatic rings. The molecule has 0 saturated heterocycles. The van der Waals surface area contributed by atoms with Crippen molar-refractivity contribution in [1.29, 1.82) is 0 Å². The molecule has 2 amide bonds. The first-order valence-corrected chi connectivity index (χ1v) is 7.89. The number of carboxylic acids is 1. The number of nitrogens with one attached hydrogen (secondary N) is 2. The van der Waals surface area contributed by atoms with E-state index in [9.17, 15) is 23.9 Å². The van der Waals surface area contributed by atoms with E-state index in [1.807, 2.05) is 0 Å². The SMILES string of the molecule is O=C([O-])CCC(=O)NN1C(=O)c2ccccc2N[C@H]1c1ccc(F)cc1. The summed E-state index contributed by atoms with van der Waals surface area (Å²) in [5, 5.41) is 14.7. The number of benzene rings is 2. The normalized spacial score (nSPS) is 15.8. The van der Waals surface area contributed by atoms with Gasteiger partial charge in [0, 0.05) is 18.1 Å². The third-order valence-electron chi connectivity index (χ3n) is 3.91. The number of carbonyl (C=O) groups excluding carboxylic acids is 3. The molecule has 1 aliphatic heterocycles. The number of para-hydroxylation sites is 1. The smallest absolute Gasteiger partial charge is 0.276 e. The number of anilines is 1. The third-order valence-corrected chi connectivity index (χ3v) is 3.91. The van der Waals surface area contributed by atoms with Gasteiger partial charge in [0.1, 0.15) is 12.0 Å². The van der Waals surface area contributed by atoms with Crippen LogP contribution in [0.1, 0.15) is 34.9 Å². The Morgan fingerprint density at radius 1 is 1.12 bits per heavy atom. The number of fused-ring (bicyclic) bond motifs is 1. The van der Waals surface area contributed by atoms with Crippen molar-refractivity contribution in [1.82, 2.24) is 10.4 Å². The Bertz CT molecular complexity index is 854. The maximum absolute atomic E-state index is 13.2. The molecule has 0 fully saturated rings. The first kappa shape index (κ1) is 17.4. The molecule has 1 heterocycles. The number of rotatable bonds is 5. The van der Waals surface area contributed by atoms with Crippen LogP contribution in [0.4, 0.5) is 10.1 Å². The van der Waals surface area contributed by atoms with Gasteiger partial charge in [0.15, 0.2) is 0 Å². The molecule has 26 heavy (non-hydrogen) atoms. The maximum atomic E-state index is 13.2. The van der Waals surface area contributed by atoms with Crippen molar-refractivity contribution in [2.45, 2.75) is 19.0 Å². The number of aliphatic carboxylic acids is 1. The molecule has 0 radical (unpaired) electrons. The van der Waals surface area contributed by atoms with Gasteiger partial charge < -0.3 is 15.2 Å². The zero-order chi connectivity index (χ0) is 18.7. The lowest BCUT2D eigenvalue weighted by Crippen LogP contribution is -2.53. The van der Waals surface area contributed by atoms with Gasteiger partial charge in [-0.1, -0.05) is 24.3 Å². The van der Waals surface area contributed by atoms with E-state index in [4.69, 9.17) is 0 Å². The van der Waals surface area contributed by atoms with E-state index in [1.165, 1.54) is 24.3 Å². The van der Waals surface area contributed by atoms with Crippen molar-refractivity contribution in [2.24, 2.45) is 0 Å². The Morgan fingerprint density at radius 3 is 2.50 bits per heavy atom. The van der Waals surface area contributed by atoms with Gasteiger partial charge in [-0.05, 0) is 36.2 Å². The second-order valence-electron chi connectivity index (χ2n) is 5.73. The molecule has 2 aromatic carbocycles. The zero-order valence-corrected chi connectivity index (χ0v) is 13.6. The van der Waals surface area contributed by atoms with Crippen molar-refractivity contribution in [2.75, 3.05) is 5.32 Å². The highest BCUT2D eigenvalue weighted by atomic mass is 19.1. The lowest BCUT2D eigenvalue weighted by molar-refractivity contribution is -0.305. The summed E-state index contributed by atoms with van der Waals surface area (Å²) in [7, 11) is 0. The van der Waals surface area contributed by atoms with Gasteiger partial charge in [-0.15, -0.1) is 0 Å². The summed E-state index contributed by atoms with van der Waals surface area (Å²) >= 11 is 0. The van der Waals surface area contributed by atoms with Crippen LogP contribution >= 0.6 is 0 Å². The molecule has 2 aromatic rings. The maximum Gasteiger partial charge on any atom is 0.276 e. The minimum Gasteiger partial charge on any atom is -0.550 e. The fourth-order valence-electron chi connectivity index (χ4n) is 2.65. The minimum atomic E-state index is -1.36. The standard InChI is InChI=1S/C18H16FN3O4/c19-12-7-5-11(6-8-12)17-20-14-4-2-1-3-13(14)18(26)22(17)21-15(23)9-10-16(24)25/h1-8,17,20H,9-10H2,(H,21,23)(H,24,25)/p-1/t17-/m1/s1. The van der Waals surface area contributed by atoms with Gasteiger partial charge in [-0.25, -0.2) is 9.40 Å². The van der Waals surface area contributed by atoms with E-state index < -0.39 is 36.2 Å². The molecule has 1 atom stereocenters. The van der Waals surface area contributed by atoms with Crippen LogP contribution in [-0.4, -0.2) is 22.8 Å². The van der Waals surface area contributed by atoms with Crippen LogP contribution in [-0.2, 0) is 9.59 Å². The predicted octanol–water partition coefficient (Wildman–Crippen LogP) is 0.953. The highest BCUT2D eigenvalue weighted by Gasteiger charge is 2.34. The number of amides is 2. The lowest BCUT2D eigenvalue weighted by atomic mass is 10.0. The van der Waals surface area contributed by atoms with E-state index in [-0.39, 0.29) is 6.42 Å². The number of hydrazine groups is 1. The summed E-state index contributed by atoms with van der Waals surface area (Å²) < 4.78 is 13.2. The van der Waals surface area contributed by atoms with E-state index in [1.54, 1.807) is 24.3 Å². The summed E-state index contributed by atoms with van der Waals surface area (Å²) in [6.07, 6.45) is -1.56. The Morgan fingerprint density at radius 2 is 1.81 bits per heavy atom. The fourth-order valence-corrected chi connectivity index (χ4v) is 2.65. The Labute approximate surface area is 148 Å². The van der Waals surface area contributed by atoms with Crippen LogP contribution in [0.2, 0.25) is 0 Å². The molecule has 0 spiro atoms. The molecule has 7 nitrogen and oxygen atoms in total. The summed E-state index contributed by atoms with van der Waals surface area (Å²) in [6, 6.07) is 12.3. The fraction of sp³-hybridized carbons (Fsp3) is 0.167. The van der Waals surface area contributed by atoms with Crippen LogP contribution < -0.4 is 15.8 Å². The number of hydrogen-bond donors (Lipinski definition) is 2. The van der Waals surface area contributed by atoms with Crippen molar-refractivity contribution in [3.05, 3.63) is 65.5 Å². The molecular formula is C18H15FN3O4-. The van der Waals surface area contributed by atoms with E-state index >= 15 is 0 Å². The Kier molecular flexibility index (Phi) is 4.83. The van der Waals surface area contributed by atoms with E-state index in [0.29, 0.717) is 16.8 Å². The minimum absolute atomic E-state index is 0.329. The Balaban J connectivity index is 1.91. The monoisotopic (exact) mass is 356 g/mol. The summed E-state index contributed by atoms with van der Waals surface area (Å²) in [6.45, 7) is 0. The van der Waals surface area contributed by atoms with Crippen molar-refractivity contribution < 1.29 is 23.9 Å². The van der Waals surface area contributed by atoms with Crippen molar-refractivity contribution in [3.8, 4) is 0 Å². The topological polar surface area (TPSA) is 102 Å². The van der Waals surface area contributed by atoms with Crippen molar-refractivity contribution in [3.63, 3.8) is 0 Å². The third kappa shape index (κ3) is 3.64. The van der Waals surface area contributed by atoms with Crippen LogP contribution in [0.15, 0.2) is 48.5 Å². The number of halogens is 1. The average molecular weight is 356 g/mol. The van der Waals surface area contributed by atoms with Crippen LogP contribution in [0.25, 0.3) is 0 Å². The van der Waals surface area contributed by atoms with E-state index in [0.717, 1.165) is 5.01 Å². The highest BCUT2D eigenvalue weighted by molar-refractivity contribution is 6.02. The highest BCUT2D eigenvalue weighted by Crippen LogP contribution is 2.31. The van der Waals surface area contributed by atoms with Gasteiger partial charge in [0.2, 0.25) is 5.91 Å². The first-order chi connectivity index (χ1) is 12.5. The van der Waals surface area contributed by atoms with Gasteiger partial charge in [-0.3, -0.25) is 15.0 Å². The number of hydrogen-bond acceptors (Lipinski definition) is 5.